The van der Waals surface area contributed by atoms with Crippen LogP contribution in [0.5, 0.6) is 0 Å². The fraction of sp³-hybridized carbons (Fsp3) is 0.429. The molecule has 1 amide bonds. The summed E-state index contributed by atoms with van der Waals surface area (Å²) in [5, 5.41) is 7.36. The molecule has 1 fully saturated rings. The number of hydrogen-bond donors (Lipinski definition) is 2. The molecule has 0 atom stereocenters. The van der Waals surface area contributed by atoms with Gasteiger partial charge < -0.3 is 15.4 Å². The molecule has 150 valence electrons. The molecule has 1 aromatic carbocycles. The Morgan fingerprint density at radius 2 is 1.89 bits per heavy atom. The fourth-order valence-electron chi connectivity index (χ4n) is 3.04. The first-order chi connectivity index (χ1) is 13.4. The van der Waals surface area contributed by atoms with Gasteiger partial charge in [0.15, 0.2) is 0 Å². The fourth-order valence-corrected chi connectivity index (χ4v) is 3.46. The lowest BCUT2D eigenvalue weighted by Gasteiger charge is -2.23. The normalized spacial score (nSPS) is 14.9. The summed E-state index contributed by atoms with van der Waals surface area (Å²) in [5.74, 6) is 0.825. The number of nitrogens with zero attached hydrogens (tertiary/aromatic N) is 1. The van der Waals surface area contributed by atoms with E-state index in [-0.39, 0.29) is 11.8 Å². The molecule has 1 aromatic heterocycles. The van der Waals surface area contributed by atoms with Crippen LogP contribution in [0, 0.1) is 11.8 Å². The van der Waals surface area contributed by atoms with Gasteiger partial charge in [-0.2, -0.15) is 0 Å². The first-order valence-corrected chi connectivity index (χ1v) is 10.3. The second-order valence-corrected chi connectivity index (χ2v) is 8.14. The second-order valence-electron chi connectivity index (χ2n) is 7.32. The number of ether oxygens (including phenoxy) is 1. The summed E-state index contributed by atoms with van der Waals surface area (Å²) in [6.07, 6.45) is 3.68. The standard InChI is InChI=1S/C21H25Cl2N3O2/c1-13(2)21(27)26-20-10-17(19(23)12-25-20)16-9-15(3-4-18(16)22)24-11-14-5-7-28-8-6-14/h3-4,9-10,12-14,24H,5-8,11H2,1-2H3,(H,25,26,27). The maximum absolute atomic E-state index is 12.0. The molecular formula is C21H25Cl2N3O2. The number of pyridine rings is 1. The SMILES string of the molecule is CC(C)C(=O)Nc1cc(-c2cc(NCC3CCOCC3)ccc2Cl)c(Cl)cn1. The zero-order valence-corrected chi connectivity index (χ0v) is 17.6. The minimum Gasteiger partial charge on any atom is -0.385 e. The Kier molecular flexibility index (Phi) is 7.16. The Morgan fingerprint density at radius 1 is 1.18 bits per heavy atom. The smallest absolute Gasteiger partial charge is 0.228 e. The summed E-state index contributed by atoms with van der Waals surface area (Å²) in [4.78, 5) is 16.2. The summed E-state index contributed by atoms with van der Waals surface area (Å²) in [7, 11) is 0. The topological polar surface area (TPSA) is 63.2 Å². The maximum atomic E-state index is 12.0. The van der Waals surface area contributed by atoms with Gasteiger partial charge in [0, 0.05) is 53.7 Å². The molecule has 5 nitrogen and oxygen atoms in total. The van der Waals surface area contributed by atoms with E-state index < -0.39 is 0 Å². The van der Waals surface area contributed by atoms with Gasteiger partial charge in [0.05, 0.1) is 5.02 Å². The van der Waals surface area contributed by atoms with Gasteiger partial charge in [-0.25, -0.2) is 4.98 Å². The molecular weight excluding hydrogens is 397 g/mol. The van der Waals surface area contributed by atoms with Crippen molar-refractivity contribution < 1.29 is 9.53 Å². The quantitative estimate of drug-likeness (QED) is 0.646. The molecule has 2 aromatic rings. The molecule has 1 aliphatic heterocycles. The van der Waals surface area contributed by atoms with Crippen LogP contribution in [-0.4, -0.2) is 30.6 Å². The van der Waals surface area contributed by atoms with Crippen LogP contribution in [0.2, 0.25) is 10.0 Å². The van der Waals surface area contributed by atoms with Crippen LogP contribution in [0.4, 0.5) is 11.5 Å². The maximum Gasteiger partial charge on any atom is 0.228 e. The zero-order valence-electron chi connectivity index (χ0n) is 16.1. The summed E-state index contributed by atoms with van der Waals surface area (Å²) < 4.78 is 5.42. The van der Waals surface area contributed by atoms with Crippen LogP contribution in [-0.2, 0) is 9.53 Å². The van der Waals surface area contributed by atoms with Gasteiger partial charge in [-0.15, -0.1) is 0 Å². The number of halogens is 2. The van der Waals surface area contributed by atoms with Gasteiger partial charge in [0.1, 0.15) is 5.82 Å². The Morgan fingerprint density at radius 3 is 2.61 bits per heavy atom. The van der Waals surface area contributed by atoms with E-state index in [4.69, 9.17) is 27.9 Å². The predicted octanol–water partition coefficient (Wildman–Crippen LogP) is 5.49. The number of benzene rings is 1. The second kappa shape index (κ2) is 9.59. The van der Waals surface area contributed by atoms with Crippen molar-refractivity contribution >= 4 is 40.6 Å². The van der Waals surface area contributed by atoms with Crippen molar-refractivity contribution in [1.29, 1.82) is 0 Å². The van der Waals surface area contributed by atoms with Crippen molar-refractivity contribution in [1.82, 2.24) is 4.98 Å². The van der Waals surface area contributed by atoms with Crippen molar-refractivity contribution in [2.24, 2.45) is 11.8 Å². The largest absolute Gasteiger partial charge is 0.385 e. The third-order valence-corrected chi connectivity index (χ3v) is 5.45. The predicted molar refractivity (Wildman–Crippen MR) is 115 cm³/mol. The Balaban J connectivity index is 1.80. The van der Waals surface area contributed by atoms with E-state index in [1.165, 1.54) is 6.20 Å². The number of amides is 1. The number of aromatic nitrogens is 1. The third kappa shape index (κ3) is 5.37. The zero-order chi connectivity index (χ0) is 20.1. The molecule has 0 spiro atoms. The molecule has 2 heterocycles. The summed E-state index contributed by atoms with van der Waals surface area (Å²) >= 11 is 12.8. The highest BCUT2D eigenvalue weighted by molar-refractivity contribution is 6.36. The molecule has 1 aliphatic rings. The van der Waals surface area contributed by atoms with Crippen LogP contribution in [0.1, 0.15) is 26.7 Å². The number of carbonyl (C=O) groups is 1. The van der Waals surface area contributed by atoms with Crippen molar-refractivity contribution in [3.8, 4) is 11.1 Å². The van der Waals surface area contributed by atoms with Crippen molar-refractivity contribution in [2.45, 2.75) is 26.7 Å². The van der Waals surface area contributed by atoms with Gasteiger partial charge in [-0.1, -0.05) is 37.0 Å². The lowest BCUT2D eigenvalue weighted by atomic mass is 10.00. The van der Waals surface area contributed by atoms with E-state index in [0.717, 1.165) is 49.4 Å². The molecule has 1 saturated heterocycles. The van der Waals surface area contributed by atoms with Crippen molar-refractivity contribution in [3.63, 3.8) is 0 Å². The summed E-state index contributed by atoms with van der Waals surface area (Å²) in [6, 6.07) is 7.55. The first kappa shape index (κ1) is 20.9. The van der Waals surface area contributed by atoms with Gasteiger partial charge in [-0.3, -0.25) is 4.79 Å². The van der Waals surface area contributed by atoms with E-state index in [1.807, 2.05) is 32.0 Å². The van der Waals surface area contributed by atoms with E-state index in [1.54, 1.807) is 6.07 Å². The summed E-state index contributed by atoms with van der Waals surface area (Å²) in [5.41, 5.74) is 2.51. The molecule has 0 radical (unpaired) electrons. The number of nitrogens with one attached hydrogen (secondary N) is 2. The highest BCUT2D eigenvalue weighted by Gasteiger charge is 2.15. The third-order valence-electron chi connectivity index (χ3n) is 4.82. The minimum atomic E-state index is -0.137. The average Bonchev–Trinajstić information content (AvgIpc) is 2.69. The van der Waals surface area contributed by atoms with Crippen LogP contribution in [0.3, 0.4) is 0 Å². The van der Waals surface area contributed by atoms with Crippen LogP contribution in [0.15, 0.2) is 30.5 Å². The molecule has 0 saturated carbocycles. The number of rotatable bonds is 6. The highest BCUT2D eigenvalue weighted by Crippen LogP contribution is 2.36. The van der Waals surface area contributed by atoms with E-state index in [0.29, 0.717) is 21.8 Å². The van der Waals surface area contributed by atoms with E-state index >= 15 is 0 Å². The Bertz CT molecular complexity index is 836. The summed E-state index contributed by atoms with van der Waals surface area (Å²) in [6.45, 7) is 6.21. The van der Waals surface area contributed by atoms with Crippen LogP contribution in [0.25, 0.3) is 11.1 Å². The van der Waals surface area contributed by atoms with Crippen LogP contribution < -0.4 is 10.6 Å². The molecule has 0 aliphatic carbocycles. The number of carbonyl (C=O) groups excluding carboxylic acids is 1. The minimum absolute atomic E-state index is 0.0984. The van der Waals surface area contributed by atoms with E-state index in [9.17, 15) is 4.79 Å². The molecule has 0 unspecified atom stereocenters. The lowest BCUT2D eigenvalue weighted by molar-refractivity contribution is -0.118. The molecule has 0 bridgehead atoms. The van der Waals surface area contributed by atoms with Crippen molar-refractivity contribution in [3.05, 3.63) is 40.5 Å². The number of anilines is 2. The van der Waals surface area contributed by atoms with Gasteiger partial charge in [0.25, 0.3) is 0 Å². The first-order valence-electron chi connectivity index (χ1n) is 9.52. The Hall–Kier alpha value is -1.82. The number of hydrogen-bond acceptors (Lipinski definition) is 4. The monoisotopic (exact) mass is 421 g/mol. The molecule has 2 N–H and O–H groups in total. The molecule has 7 heteroatoms. The lowest BCUT2D eigenvalue weighted by Crippen LogP contribution is -2.22. The van der Waals surface area contributed by atoms with Gasteiger partial charge >= 0.3 is 0 Å². The highest BCUT2D eigenvalue weighted by atomic mass is 35.5. The molecule has 28 heavy (non-hydrogen) atoms. The van der Waals surface area contributed by atoms with Gasteiger partial charge in [0.2, 0.25) is 5.91 Å². The average molecular weight is 422 g/mol. The Labute approximate surface area is 175 Å². The molecule has 3 rings (SSSR count). The van der Waals surface area contributed by atoms with Crippen molar-refractivity contribution in [2.75, 3.05) is 30.4 Å². The van der Waals surface area contributed by atoms with Gasteiger partial charge in [-0.05, 0) is 43.0 Å². The van der Waals surface area contributed by atoms with Crippen LogP contribution >= 0.6 is 23.2 Å². The van der Waals surface area contributed by atoms with E-state index in [2.05, 4.69) is 15.6 Å².